The van der Waals surface area contributed by atoms with Gasteiger partial charge in [0.1, 0.15) is 5.82 Å². The van der Waals surface area contributed by atoms with Gasteiger partial charge in [0.15, 0.2) is 0 Å². The van der Waals surface area contributed by atoms with Gasteiger partial charge in [0, 0.05) is 25.7 Å². The fourth-order valence-electron chi connectivity index (χ4n) is 3.19. The molecule has 5 nitrogen and oxygen atoms in total. The van der Waals surface area contributed by atoms with E-state index in [0.717, 1.165) is 24.2 Å². The van der Waals surface area contributed by atoms with Crippen LogP contribution < -0.4 is 4.72 Å². The summed E-state index contributed by atoms with van der Waals surface area (Å²) < 4.78 is 47.0. The van der Waals surface area contributed by atoms with Crippen LogP contribution in [0.25, 0.3) is 0 Å². The molecule has 1 fully saturated rings. The van der Waals surface area contributed by atoms with Gasteiger partial charge >= 0.3 is 0 Å². The van der Waals surface area contributed by atoms with Crippen molar-refractivity contribution in [3.8, 4) is 0 Å². The predicted molar refractivity (Wildman–Crippen MR) is 103 cm³/mol. The Labute approximate surface area is 160 Å². The van der Waals surface area contributed by atoms with Crippen molar-refractivity contribution in [2.24, 2.45) is 0 Å². The van der Waals surface area contributed by atoms with Gasteiger partial charge in [0.05, 0.1) is 18.1 Å². The average Bonchev–Trinajstić information content (AvgIpc) is 2.66. The van der Waals surface area contributed by atoms with Gasteiger partial charge in [-0.2, -0.15) is 0 Å². The molecule has 0 aromatic heterocycles. The van der Waals surface area contributed by atoms with E-state index in [9.17, 15) is 12.8 Å². The molecular formula is C20H25FN2O3S. The third-order valence-corrected chi connectivity index (χ3v) is 6.28. The van der Waals surface area contributed by atoms with Crippen molar-refractivity contribution >= 4 is 10.0 Å². The summed E-state index contributed by atoms with van der Waals surface area (Å²) in [5.41, 5.74) is 2.52. The molecule has 0 radical (unpaired) electrons. The minimum absolute atomic E-state index is 0.0750. The molecule has 1 N–H and O–H groups in total. The van der Waals surface area contributed by atoms with Gasteiger partial charge in [-0.3, -0.25) is 4.90 Å². The fraction of sp³-hybridized carbons (Fsp3) is 0.400. The van der Waals surface area contributed by atoms with Crippen molar-refractivity contribution < 1.29 is 17.5 Å². The van der Waals surface area contributed by atoms with E-state index in [0.29, 0.717) is 18.8 Å². The fourth-order valence-corrected chi connectivity index (χ4v) is 4.31. The van der Waals surface area contributed by atoms with Gasteiger partial charge in [-0.25, -0.2) is 17.5 Å². The number of sulfonamides is 1. The summed E-state index contributed by atoms with van der Waals surface area (Å²) in [6.45, 7) is 6.57. The Morgan fingerprint density at radius 3 is 2.41 bits per heavy atom. The van der Waals surface area contributed by atoms with E-state index in [2.05, 4.69) is 9.62 Å². The third-order valence-electron chi connectivity index (χ3n) is 4.85. The molecule has 1 atom stereocenters. The lowest BCUT2D eigenvalue weighted by atomic mass is 10.0. The number of nitrogens with one attached hydrogen (secondary N) is 1. The molecule has 2 aromatic rings. The summed E-state index contributed by atoms with van der Waals surface area (Å²) in [6, 6.07) is 11.9. The molecule has 7 heteroatoms. The number of ether oxygens (including phenoxy) is 1. The molecule has 3 rings (SSSR count). The second kappa shape index (κ2) is 8.48. The summed E-state index contributed by atoms with van der Waals surface area (Å²) in [7, 11) is -3.72. The first-order valence-corrected chi connectivity index (χ1v) is 10.5. The molecule has 1 heterocycles. The van der Waals surface area contributed by atoms with Crippen molar-refractivity contribution in [2.45, 2.75) is 24.8 Å². The molecule has 1 aliphatic rings. The average molecular weight is 392 g/mol. The number of aryl methyl sites for hydroxylation is 2. The van der Waals surface area contributed by atoms with E-state index in [1.807, 2.05) is 31.2 Å². The molecule has 146 valence electrons. The molecule has 0 spiro atoms. The molecule has 1 saturated heterocycles. The molecule has 2 aromatic carbocycles. The van der Waals surface area contributed by atoms with Crippen molar-refractivity contribution in [1.29, 1.82) is 0 Å². The Kier molecular flexibility index (Phi) is 6.26. The zero-order valence-corrected chi connectivity index (χ0v) is 16.4. The monoisotopic (exact) mass is 392 g/mol. The lowest BCUT2D eigenvalue weighted by Crippen LogP contribution is -2.43. The van der Waals surface area contributed by atoms with Crippen molar-refractivity contribution in [3.63, 3.8) is 0 Å². The van der Waals surface area contributed by atoms with Gasteiger partial charge in [-0.15, -0.1) is 0 Å². The Morgan fingerprint density at radius 2 is 1.78 bits per heavy atom. The molecule has 1 unspecified atom stereocenters. The highest BCUT2D eigenvalue weighted by atomic mass is 32.2. The van der Waals surface area contributed by atoms with E-state index in [1.165, 1.54) is 18.2 Å². The molecule has 0 saturated carbocycles. The Morgan fingerprint density at radius 1 is 1.11 bits per heavy atom. The van der Waals surface area contributed by atoms with Gasteiger partial charge < -0.3 is 4.74 Å². The first kappa shape index (κ1) is 19.9. The van der Waals surface area contributed by atoms with E-state index in [1.54, 1.807) is 6.92 Å². The maximum atomic E-state index is 13.5. The Bertz CT molecular complexity index is 879. The SMILES string of the molecule is Cc1ccc(C(CNS(=O)(=O)c2ccc(F)c(C)c2)N2CCOCC2)cc1. The summed E-state index contributed by atoms with van der Waals surface area (Å²) >= 11 is 0. The van der Waals surface area contributed by atoms with Crippen LogP contribution in [0.15, 0.2) is 47.4 Å². The van der Waals surface area contributed by atoms with Gasteiger partial charge in [-0.1, -0.05) is 29.8 Å². The lowest BCUT2D eigenvalue weighted by Gasteiger charge is -2.35. The number of hydrogen-bond acceptors (Lipinski definition) is 4. The smallest absolute Gasteiger partial charge is 0.240 e. The minimum Gasteiger partial charge on any atom is -0.379 e. The topological polar surface area (TPSA) is 58.6 Å². The zero-order valence-electron chi connectivity index (χ0n) is 15.6. The Hall–Kier alpha value is -1.80. The summed E-state index contributed by atoms with van der Waals surface area (Å²) in [6.07, 6.45) is 0. The van der Waals surface area contributed by atoms with Crippen molar-refractivity contribution in [2.75, 3.05) is 32.8 Å². The van der Waals surface area contributed by atoms with Gasteiger partial charge in [0.2, 0.25) is 10.0 Å². The summed E-state index contributed by atoms with van der Waals surface area (Å²) in [5, 5.41) is 0. The van der Waals surface area contributed by atoms with Crippen molar-refractivity contribution in [1.82, 2.24) is 9.62 Å². The highest BCUT2D eigenvalue weighted by Crippen LogP contribution is 2.23. The van der Waals surface area contributed by atoms with Crippen LogP contribution in [0.2, 0.25) is 0 Å². The predicted octanol–water partition coefficient (Wildman–Crippen LogP) is 2.79. The minimum atomic E-state index is -3.72. The number of benzene rings is 2. The highest BCUT2D eigenvalue weighted by molar-refractivity contribution is 7.89. The van der Waals surface area contributed by atoms with Crippen LogP contribution in [0.3, 0.4) is 0 Å². The number of hydrogen-bond donors (Lipinski definition) is 1. The van der Waals surface area contributed by atoms with Crippen LogP contribution in [0.4, 0.5) is 4.39 Å². The van der Waals surface area contributed by atoms with Crippen LogP contribution >= 0.6 is 0 Å². The summed E-state index contributed by atoms with van der Waals surface area (Å²) in [4.78, 5) is 2.30. The van der Waals surface area contributed by atoms with Crippen LogP contribution in [0.5, 0.6) is 0 Å². The maximum absolute atomic E-state index is 13.5. The quantitative estimate of drug-likeness (QED) is 0.821. The Balaban J connectivity index is 1.80. The molecule has 0 bridgehead atoms. The lowest BCUT2D eigenvalue weighted by molar-refractivity contribution is 0.0172. The number of morpholine rings is 1. The third kappa shape index (κ3) is 4.93. The molecule has 0 aliphatic carbocycles. The van der Waals surface area contributed by atoms with Gasteiger partial charge in [-0.05, 0) is 43.2 Å². The number of rotatable bonds is 6. The first-order chi connectivity index (χ1) is 12.9. The summed E-state index contributed by atoms with van der Waals surface area (Å²) in [5.74, 6) is -0.417. The first-order valence-electron chi connectivity index (χ1n) is 9.01. The number of nitrogens with zero attached hydrogens (tertiary/aromatic N) is 1. The van der Waals surface area contributed by atoms with E-state index in [4.69, 9.17) is 4.74 Å². The highest BCUT2D eigenvalue weighted by Gasteiger charge is 2.25. The van der Waals surface area contributed by atoms with Crippen molar-refractivity contribution in [3.05, 3.63) is 65.0 Å². The van der Waals surface area contributed by atoms with E-state index in [-0.39, 0.29) is 17.5 Å². The molecule has 0 amide bonds. The normalized spacial score (nSPS) is 17.0. The van der Waals surface area contributed by atoms with E-state index >= 15 is 0 Å². The zero-order chi connectivity index (χ0) is 19.4. The number of halogens is 1. The van der Waals surface area contributed by atoms with Crippen LogP contribution in [-0.2, 0) is 14.8 Å². The largest absolute Gasteiger partial charge is 0.379 e. The van der Waals surface area contributed by atoms with Gasteiger partial charge in [0.25, 0.3) is 0 Å². The molecule has 1 aliphatic heterocycles. The second-order valence-electron chi connectivity index (χ2n) is 6.84. The molecular weight excluding hydrogens is 367 g/mol. The molecule has 27 heavy (non-hydrogen) atoms. The van der Waals surface area contributed by atoms with E-state index < -0.39 is 15.8 Å². The standard InChI is InChI=1S/C20H25FN2O3S/c1-15-3-5-17(6-4-15)20(23-9-11-26-12-10-23)14-22-27(24,25)18-7-8-19(21)16(2)13-18/h3-8,13,20,22H,9-12,14H2,1-2H3. The maximum Gasteiger partial charge on any atom is 0.240 e. The van der Waals surface area contributed by atoms with Crippen LogP contribution in [0, 0.1) is 19.7 Å². The van der Waals surface area contributed by atoms with Crippen LogP contribution in [-0.4, -0.2) is 46.2 Å². The van der Waals surface area contributed by atoms with Crippen LogP contribution in [0.1, 0.15) is 22.7 Å². The second-order valence-corrected chi connectivity index (χ2v) is 8.60.